The summed E-state index contributed by atoms with van der Waals surface area (Å²) in [5.41, 5.74) is 0. The summed E-state index contributed by atoms with van der Waals surface area (Å²) in [5, 5.41) is 3.56. The highest BCUT2D eigenvalue weighted by atomic mass is 35.5. The number of piperidine rings is 1. The Morgan fingerprint density at radius 3 is 2.34 bits per heavy atom. The van der Waals surface area contributed by atoms with Gasteiger partial charge in [0.2, 0.25) is 15.9 Å². The fourth-order valence-corrected chi connectivity index (χ4v) is 6.37. The van der Waals surface area contributed by atoms with Crippen molar-refractivity contribution >= 4 is 27.5 Å². The van der Waals surface area contributed by atoms with Gasteiger partial charge in [-0.1, -0.05) is 31.5 Å². The van der Waals surface area contributed by atoms with E-state index in [0.717, 1.165) is 19.3 Å². The first kappa shape index (κ1) is 22.5. The van der Waals surface area contributed by atoms with E-state index in [4.69, 9.17) is 11.6 Å². The molecule has 0 aromatic heterocycles. The Balaban J connectivity index is 1.70. The Morgan fingerprint density at radius 1 is 1.21 bits per heavy atom. The number of amides is 1. The zero-order valence-corrected chi connectivity index (χ0v) is 19.0. The summed E-state index contributed by atoms with van der Waals surface area (Å²) in [6.07, 6.45) is 3.93. The summed E-state index contributed by atoms with van der Waals surface area (Å²) < 4.78 is 28.4. The SMILES string of the molecule is CNC(CC(C)C)C(=O)N1CCC(N(C2CC2)S(=O)(=O)c2cccc(Cl)c2)CC1. The fourth-order valence-electron chi connectivity index (χ4n) is 4.14. The number of carbonyl (C=O) groups excluding carboxylic acids is 1. The van der Waals surface area contributed by atoms with Crippen molar-refractivity contribution in [1.29, 1.82) is 0 Å². The van der Waals surface area contributed by atoms with Gasteiger partial charge in [0, 0.05) is 30.2 Å². The van der Waals surface area contributed by atoms with E-state index in [2.05, 4.69) is 19.2 Å². The van der Waals surface area contributed by atoms with Crippen molar-refractivity contribution in [2.24, 2.45) is 5.92 Å². The van der Waals surface area contributed by atoms with Gasteiger partial charge in [0.25, 0.3) is 0 Å². The third-order valence-corrected chi connectivity index (χ3v) is 8.00. The van der Waals surface area contributed by atoms with E-state index in [1.165, 1.54) is 6.07 Å². The van der Waals surface area contributed by atoms with Crippen molar-refractivity contribution in [2.45, 2.75) is 69.0 Å². The molecule has 2 aliphatic rings. The van der Waals surface area contributed by atoms with Gasteiger partial charge in [-0.3, -0.25) is 4.79 Å². The summed E-state index contributed by atoms with van der Waals surface area (Å²) in [6, 6.07) is 6.30. The highest BCUT2D eigenvalue weighted by Gasteiger charge is 2.44. The van der Waals surface area contributed by atoms with Gasteiger partial charge >= 0.3 is 0 Å². The monoisotopic (exact) mass is 441 g/mol. The highest BCUT2D eigenvalue weighted by molar-refractivity contribution is 7.89. The van der Waals surface area contributed by atoms with Gasteiger partial charge in [-0.25, -0.2) is 8.42 Å². The lowest BCUT2D eigenvalue weighted by molar-refractivity contribution is -0.135. The molecule has 1 aliphatic heterocycles. The maximum atomic E-state index is 13.3. The number of hydrogen-bond donors (Lipinski definition) is 1. The Bertz CT molecular complexity index is 818. The predicted molar refractivity (Wildman–Crippen MR) is 115 cm³/mol. The molecule has 1 aromatic rings. The standard InChI is InChI=1S/C21H32ClN3O3S/c1-15(2)13-20(23-3)21(26)24-11-9-18(10-12-24)25(17-7-8-17)29(27,28)19-6-4-5-16(22)14-19/h4-6,14-15,17-18,20,23H,7-13H2,1-3H3. The van der Waals surface area contributed by atoms with Crippen LogP contribution in [-0.4, -0.2) is 61.8 Å². The number of nitrogens with zero attached hydrogens (tertiary/aromatic N) is 2. The van der Waals surface area contributed by atoms with Crippen LogP contribution in [0.2, 0.25) is 5.02 Å². The van der Waals surface area contributed by atoms with Gasteiger partial charge in [-0.05, 0) is 63.3 Å². The molecule has 1 N–H and O–H groups in total. The number of hydrogen-bond acceptors (Lipinski definition) is 4. The van der Waals surface area contributed by atoms with E-state index in [1.807, 2.05) is 11.9 Å². The molecule has 1 unspecified atom stereocenters. The molecule has 0 spiro atoms. The average molecular weight is 442 g/mol. The molecule has 1 saturated carbocycles. The first-order chi connectivity index (χ1) is 13.7. The topological polar surface area (TPSA) is 69.7 Å². The van der Waals surface area contributed by atoms with E-state index >= 15 is 0 Å². The molecular weight excluding hydrogens is 410 g/mol. The van der Waals surface area contributed by atoms with Crippen LogP contribution in [0.4, 0.5) is 0 Å². The van der Waals surface area contributed by atoms with Gasteiger partial charge in [0.15, 0.2) is 0 Å². The molecular formula is C21H32ClN3O3S. The lowest BCUT2D eigenvalue weighted by atomic mass is 10.00. The Kier molecular flexibility index (Phi) is 7.25. The van der Waals surface area contributed by atoms with Crippen molar-refractivity contribution in [3.8, 4) is 0 Å². The molecule has 1 aliphatic carbocycles. The van der Waals surface area contributed by atoms with Crippen molar-refractivity contribution in [2.75, 3.05) is 20.1 Å². The maximum Gasteiger partial charge on any atom is 0.243 e. The molecule has 2 fully saturated rings. The van der Waals surface area contributed by atoms with Crippen LogP contribution < -0.4 is 5.32 Å². The first-order valence-corrected chi connectivity index (χ1v) is 12.3. The number of halogens is 1. The zero-order chi connectivity index (χ0) is 21.2. The second kappa shape index (κ2) is 9.33. The van der Waals surface area contributed by atoms with Gasteiger partial charge in [-0.2, -0.15) is 4.31 Å². The second-order valence-corrected chi connectivity index (χ2v) is 10.8. The smallest absolute Gasteiger partial charge is 0.243 e. The summed E-state index contributed by atoms with van der Waals surface area (Å²) >= 11 is 6.04. The first-order valence-electron chi connectivity index (χ1n) is 10.5. The molecule has 6 nitrogen and oxygen atoms in total. The summed E-state index contributed by atoms with van der Waals surface area (Å²) in [7, 11) is -1.78. The molecule has 1 saturated heterocycles. The normalized spacial score (nSPS) is 19.7. The minimum Gasteiger partial charge on any atom is -0.341 e. The van der Waals surface area contributed by atoms with E-state index in [0.29, 0.717) is 36.9 Å². The predicted octanol–water partition coefficient (Wildman–Crippen LogP) is 3.12. The third kappa shape index (κ3) is 5.32. The van der Waals surface area contributed by atoms with Crippen LogP contribution >= 0.6 is 11.6 Å². The van der Waals surface area contributed by atoms with Crippen LogP contribution in [0.3, 0.4) is 0 Å². The molecule has 0 radical (unpaired) electrons. The minimum atomic E-state index is -3.60. The van der Waals surface area contributed by atoms with Crippen molar-refractivity contribution < 1.29 is 13.2 Å². The molecule has 29 heavy (non-hydrogen) atoms. The van der Waals surface area contributed by atoms with E-state index in [1.54, 1.807) is 22.5 Å². The summed E-state index contributed by atoms with van der Waals surface area (Å²) in [5.74, 6) is 0.553. The molecule has 1 atom stereocenters. The Hall–Kier alpha value is -1.15. The summed E-state index contributed by atoms with van der Waals surface area (Å²) in [6.45, 7) is 5.40. The molecule has 162 valence electrons. The van der Waals surface area contributed by atoms with Crippen molar-refractivity contribution in [3.63, 3.8) is 0 Å². The van der Waals surface area contributed by atoms with Gasteiger partial charge < -0.3 is 10.2 Å². The molecule has 1 aromatic carbocycles. The number of likely N-dealkylation sites (tertiary alicyclic amines) is 1. The number of rotatable bonds is 8. The largest absolute Gasteiger partial charge is 0.341 e. The van der Waals surface area contributed by atoms with Crippen LogP contribution in [0.5, 0.6) is 0 Å². The highest BCUT2D eigenvalue weighted by Crippen LogP contribution is 2.37. The van der Waals surface area contributed by atoms with Crippen LogP contribution in [0.1, 0.15) is 46.0 Å². The van der Waals surface area contributed by atoms with Gasteiger partial charge in [0.1, 0.15) is 0 Å². The molecule has 8 heteroatoms. The van der Waals surface area contributed by atoms with Crippen molar-refractivity contribution in [1.82, 2.24) is 14.5 Å². The number of likely N-dealkylation sites (N-methyl/N-ethyl adjacent to an activating group) is 1. The molecule has 1 amide bonds. The maximum absolute atomic E-state index is 13.3. The molecule has 3 rings (SSSR count). The number of benzene rings is 1. The van der Waals surface area contributed by atoms with Gasteiger partial charge in [0.05, 0.1) is 10.9 Å². The van der Waals surface area contributed by atoms with Crippen LogP contribution in [-0.2, 0) is 14.8 Å². The Morgan fingerprint density at radius 2 is 1.83 bits per heavy atom. The quantitative estimate of drug-likeness (QED) is 0.672. The lowest BCUT2D eigenvalue weighted by Gasteiger charge is -2.39. The number of carbonyl (C=O) groups is 1. The van der Waals surface area contributed by atoms with E-state index in [-0.39, 0.29) is 28.9 Å². The van der Waals surface area contributed by atoms with E-state index in [9.17, 15) is 13.2 Å². The summed E-state index contributed by atoms with van der Waals surface area (Å²) in [4.78, 5) is 15.0. The number of nitrogens with one attached hydrogen (secondary N) is 1. The Labute approximate surface area is 179 Å². The second-order valence-electron chi connectivity index (χ2n) is 8.55. The molecule has 0 bridgehead atoms. The van der Waals surface area contributed by atoms with Crippen LogP contribution in [0.25, 0.3) is 0 Å². The third-order valence-electron chi connectivity index (χ3n) is 5.77. The van der Waals surface area contributed by atoms with Crippen molar-refractivity contribution in [3.05, 3.63) is 29.3 Å². The molecule has 1 heterocycles. The fraction of sp³-hybridized carbons (Fsp3) is 0.667. The average Bonchev–Trinajstić information content (AvgIpc) is 3.51. The lowest BCUT2D eigenvalue weighted by Crippen LogP contribution is -2.53. The van der Waals surface area contributed by atoms with Crippen LogP contribution in [0, 0.1) is 5.92 Å². The van der Waals surface area contributed by atoms with Gasteiger partial charge in [-0.15, -0.1) is 0 Å². The van der Waals surface area contributed by atoms with E-state index < -0.39 is 10.0 Å². The van der Waals surface area contributed by atoms with Crippen LogP contribution in [0.15, 0.2) is 29.2 Å². The minimum absolute atomic E-state index is 0.0669. The zero-order valence-electron chi connectivity index (χ0n) is 17.5. The number of sulfonamides is 1.